The number of aromatic nitrogens is 2. The Morgan fingerprint density at radius 1 is 1.40 bits per heavy atom. The van der Waals surface area contributed by atoms with Crippen LogP contribution in [0.2, 0.25) is 0 Å². The minimum atomic E-state index is -3.21. The smallest absolute Gasteiger partial charge is 0.293 e. The second kappa shape index (κ2) is 5.95. The quantitative estimate of drug-likeness (QED) is 0.852. The fourth-order valence-corrected chi connectivity index (χ4v) is 1.87. The van der Waals surface area contributed by atoms with E-state index in [0.717, 1.165) is 0 Å². The molecule has 0 aliphatic carbocycles. The average molecular weight is 301 g/mol. The van der Waals surface area contributed by atoms with Crippen molar-refractivity contribution in [1.82, 2.24) is 9.55 Å². The van der Waals surface area contributed by atoms with Gasteiger partial charge in [-0.3, -0.25) is 4.79 Å². The van der Waals surface area contributed by atoms with Gasteiger partial charge in [0, 0.05) is 31.7 Å². The Bertz CT molecular complexity index is 618. The predicted octanol–water partition coefficient (Wildman–Crippen LogP) is 1.13. The van der Waals surface area contributed by atoms with Crippen LogP contribution in [-0.4, -0.2) is 35.5 Å². The molecule has 1 aromatic heterocycles. The lowest BCUT2D eigenvalue weighted by Gasteiger charge is -2.23. The molecule has 6 nitrogen and oxygen atoms in total. The molecule has 0 saturated heterocycles. The number of hydrogen-bond acceptors (Lipinski definition) is 5. The van der Waals surface area contributed by atoms with Crippen molar-refractivity contribution in [1.29, 1.82) is 0 Å². The Morgan fingerprint density at radius 2 is 2.00 bits per heavy atom. The molecule has 0 aliphatic rings. The number of sulfone groups is 1. The molecule has 1 heterocycles. The number of nitrogens with zero attached hydrogens (tertiary/aromatic N) is 2. The van der Waals surface area contributed by atoms with Gasteiger partial charge in [-0.25, -0.2) is 13.4 Å². The minimum Gasteiger partial charge on any atom is -0.364 e. The fourth-order valence-electron chi connectivity index (χ4n) is 1.53. The summed E-state index contributed by atoms with van der Waals surface area (Å²) >= 11 is 0. The Balaban J connectivity index is 2.93. The van der Waals surface area contributed by atoms with E-state index in [4.69, 9.17) is 0 Å². The molecule has 0 aromatic carbocycles. The SMILES string of the molecule is CC(C)Cn1ccnc(NCC(C)(C)S(C)(=O)=O)c1=O. The predicted molar refractivity (Wildman–Crippen MR) is 80.7 cm³/mol. The molecule has 1 aromatic rings. The van der Waals surface area contributed by atoms with Crippen LogP contribution in [0.3, 0.4) is 0 Å². The summed E-state index contributed by atoms with van der Waals surface area (Å²) in [7, 11) is -3.21. The molecular weight excluding hydrogens is 278 g/mol. The maximum atomic E-state index is 12.2. The van der Waals surface area contributed by atoms with Gasteiger partial charge in [0.15, 0.2) is 15.7 Å². The number of rotatable bonds is 6. The van der Waals surface area contributed by atoms with Crippen LogP contribution in [-0.2, 0) is 16.4 Å². The van der Waals surface area contributed by atoms with Gasteiger partial charge in [0.05, 0.1) is 4.75 Å². The zero-order valence-corrected chi connectivity index (χ0v) is 13.5. The van der Waals surface area contributed by atoms with E-state index in [9.17, 15) is 13.2 Å². The van der Waals surface area contributed by atoms with E-state index >= 15 is 0 Å². The summed E-state index contributed by atoms with van der Waals surface area (Å²) in [6.45, 7) is 8.01. The van der Waals surface area contributed by atoms with E-state index < -0.39 is 14.6 Å². The Labute approximate surface area is 120 Å². The van der Waals surface area contributed by atoms with E-state index in [-0.39, 0.29) is 17.9 Å². The average Bonchev–Trinajstić information content (AvgIpc) is 2.28. The first-order valence-electron chi connectivity index (χ1n) is 6.53. The highest BCUT2D eigenvalue weighted by atomic mass is 32.2. The van der Waals surface area contributed by atoms with Crippen molar-refractivity contribution in [3.8, 4) is 0 Å². The van der Waals surface area contributed by atoms with Crippen LogP contribution in [0.15, 0.2) is 17.2 Å². The summed E-state index contributed by atoms with van der Waals surface area (Å²) in [6, 6.07) is 0. The molecule has 114 valence electrons. The van der Waals surface area contributed by atoms with Crippen molar-refractivity contribution in [3.05, 3.63) is 22.7 Å². The highest BCUT2D eigenvalue weighted by Crippen LogP contribution is 2.15. The molecule has 0 radical (unpaired) electrons. The van der Waals surface area contributed by atoms with Crippen LogP contribution < -0.4 is 10.9 Å². The van der Waals surface area contributed by atoms with Gasteiger partial charge in [-0.05, 0) is 19.8 Å². The lowest BCUT2D eigenvalue weighted by molar-refractivity contribution is 0.509. The molecule has 0 bridgehead atoms. The zero-order valence-electron chi connectivity index (χ0n) is 12.7. The van der Waals surface area contributed by atoms with Crippen LogP contribution in [0.4, 0.5) is 5.82 Å². The van der Waals surface area contributed by atoms with Gasteiger partial charge in [0.2, 0.25) is 0 Å². The number of anilines is 1. The summed E-state index contributed by atoms with van der Waals surface area (Å²) in [5.41, 5.74) is -0.231. The Hall–Kier alpha value is -1.37. The first kappa shape index (κ1) is 16.7. The molecule has 0 unspecified atom stereocenters. The molecule has 1 rings (SSSR count). The molecule has 0 saturated carbocycles. The third-order valence-corrected chi connectivity index (χ3v) is 5.31. The molecule has 0 atom stereocenters. The van der Waals surface area contributed by atoms with Crippen molar-refractivity contribution in [2.75, 3.05) is 18.1 Å². The summed E-state index contributed by atoms with van der Waals surface area (Å²) < 4.78 is 23.9. The molecule has 7 heteroatoms. The van der Waals surface area contributed by atoms with Crippen LogP contribution in [0.1, 0.15) is 27.7 Å². The van der Waals surface area contributed by atoms with Crippen LogP contribution in [0, 0.1) is 5.92 Å². The van der Waals surface area contributed by atoms with Crippen LogP contribution >= 0.6 is 0 Å². The molecule has 0 aliphatic heterocycles. The van der Waals surface area contributed by atoms with Crippen molar-refractivity contribution in [2.24, 2.45) is 5.92 Å². The van der Waals surface area contributed by atoms with Gasteiger partial charge in [0.1, 0.15) is 0 Å². The lowest BCUT2D eigenvalue weighted by Crippen LogP contribution is -2.39. The minimum absolute atomic E-state index is 0.139. The first-order chi connectivity index (χ1) is 9.04. The monoisotopic (exact) mass is 301 g/mol. The summed E-state index contributed by atoms with van der Waals surface area (Å²) in [4.78, 5) is 16.2. The van der Waals surface area contributed by atoms with Crippen LogP contribution in [0.5, 0.6) is 0 Å². The van der Waals surface area contributed by atoms with Crippen molar-refractivity contribution in [2.45, 2.75) is 39.0 Å². The molecule has 20 heavy (non-hydrogen) atoms. The third-order valence-electron chi connectivity index (χ3n) is 3.16. The van der Waals surface area contributed by atoms with Gasteiger partial charge >= 0.3 is 0 Å². The van der Waals surface area contributed by atoms with Gasteiger partial charge < -0.3 is 9.88 Å². The van der Waals surface area contributed by atoms with E-state index in [1.807, 2.05) is 13.8 Å². The highest BCUT2D eigenvalue weighted by Gasteiger charge is 2.30. The molecule has 1 N–H and O–H groups in total. The molecular formula is C13H23N3O3S. The lowest BCUT2D eigenvalue weighted by atomic mass is 10.2. The van der Waals surface area contributed by atoms with Gasteiger partial charge in [0.25, 0.3) is 5.56 Å². The second-order valence-electron chi connectivity index (χ2n) is 6.01. The Morgan fingerprint density at radius 3 is 2.50 bits per heavy atom. The zero-order chi connectivity index (χ0) is 15.6. The summed E-state index contributed by atoms with van der Waals surface area (Å²) in [5.74, 6) is 0.528. The molecule has 0 spiro atoms. The van der Waals surface area contributed by atoms with E-state index in [1.54, 1.807) is 30.8 Å². The summed E-state index contributed by atoms with van der Waals surface area (Å²) in [5, 5.41) is 2.85. The van der Waals surface area contributed by atoms with Crippen LogP contribution in [0.25, 0.3) is 0 Å². The fraction of sp³-hybridized carbons (Fsp3) is 0.692. The van der Waals surface area contributed by atoms with Gasteiger partial charge in [-0.2, -0.15) is 0 Å². The second-order valence-corrected chi connectivity index (χ2v) is 8.66. The van der Waals surface area contributed by atoms with E-state index in [2.05, 4.69) is 10.3 Å². The van der Waals surface area contributed by atoms with Crippen molar-refractivity contribution in [3.63, 3.8) is 0 Å². The van der Waals surface area contributed by atoms with Crippen molar-refractivity contribution < 1.29 is 8.42 Å². The summed E-state index contributed by atoms with van der Waals surface area (Å²) in [6.07, 6.45) is 4.36. The molecule has 0 fully saturated rings. The number of hydrogen-bond donors (Lipinski definition) is 1. The largest absolute Gasteiger partial charge is 0.364 e. The van der Waals surface area contributed by atoms with Crippen molar-refractivity contribution >= 4 is 15.7 Å². The van der Waals surface area contributed by atoms with E-state index in [1.165, 1.54) is 6.26 Å². The maximum Gasteiger partial charge on any atom is 0.293 e. The van der Waals surface area contributed by atoms with E-state index in [0.29, 0.717) is 12.5 Å². The van der Waals surface area contributed by atoms with Gasteiger partial charge in [-0.15, -0.1) is 0 Å². The third kappa shape index (κ3) is 4.06. The standard InChI is InChI=1S/C13H23N3O3S/c1-10(2)8-16-7-6-14-11(12(16)17)15-9-13(3,4)20(5,18)19/h6-7,10H,8-9H2,1-5H3,(H,14,15). The normalized spacial score (nSPS) is 12.7. The Kier molecular flexibility index (Phi) is 4.96. The molecule has 0 amide bonds. The topological polar surface area (TPSA) is 81.1 Å². The maximum absolute atomic E-state index is 12.2. The van der Waals surface area contributed by atoms with Gasteiger partial charge in [-0.1, -0.05) is 13.8 Å². The number of nitrogens with one attached hydrogen (secondary N) is 1. The first-order valence-corrected chi connectivity index (χ1v) is 8.42. The highest BCUT2D eigenvalue weighted by molar-refractivity contribution is 7.92.